The summed E-state index contributed by atoms with van der Waals surface area (Å²) in [5, 5.41) is 2.65. The summed E-state index contributed by atoms with van der Waals surface area (Å²) in [5.74, 6) is 0.878. The summed E-state index contributed by atoms with van der Waals surface area (Å²) >= 11 is 0. The molecule has 4 heteroatoms. The van der Waals surface area contributed by atoms with Gasteiger partial charge in [-0.3, -0.25) is 0 Å². The minimum atomic E-state index is 0.252. The number of aryl methyl sites for hydroxylation is 1. The lowest BCUT2D eigenvalue weighted by atomic mass is 9.90. The van der Waals surface area contributed by atoms with Crippen LogP contribution in [-0.2, 0) is 16.0 Å². The average Bonchev–Trinajstić information content (AvgIpc) is 3.21. The van der Waals surface area contributed by atoms with Gasteiger partial charge in [0.05, 0.1) is 26.9 Å². The third kappa shape index (κ3) is 5.66. The number of hydrogen-bond acceptors (Lipinski definition) is 3. The molecule has 188 valence electrons. The molecule has 0 atom stereocenters. The van der Waals surface area contributed by atoms with Gasteiger partial charge in [-0.1, -0.05) is 68.3 Å². The second kappa shape index (κ2) is 11.3. The van der Waals surface area contributed by atoms with Gasteiger partial charge in [0.1, 0.15) is 5.75 Å². The van der Waals surface area contributed by atoms with E-state index in [9.17, 15) is 0 Å². The highest BCUT2D eigenvalue weighted by molar-refractivity contribution is 6.08. The van der Waals surface area contributed by atoms with Crippen LogP contribution in [0.1, 0.15) is 43.7 Å². The Morgan fingerprint density at radius 2 is 1.56 bits per heavy atom. The molecule has 1 aliphatic rings. The molecule has 0 spiro atoms. The molecule has 0 radical (unpaired) electrons. The first-order valence-corrected chi connectivity index (χ1v) is 13.1. The minimum Gasteiger partial charge on any atom is -0.497 e. The Balaban J connectivity index is 1.21. The summed E-state index contributed by atoms with van der Waals surface area (Å²) in [6, 6.07) is 23.8. The van der Waals surface area contributed by atoms with Crippen molar-refractivity contribution in [3.05, 3.63) is 77.9 Å². The van der Waals surface area contributed by atoms with E-state index in [-0.39, 0.29) is 5.41 Å². The van der Waals surface area contributed by atoms with Gasteiger partial charge >= 0.3 is 0 Å². The Hall–Kier alpha value is -3.08. The van der Waals surface area contributed by atoms with Crippen LogP contribution in [0.3, 0.4) is 0 Å². The van der Waals surface area contributed by atoms with Gasteiger partial charge < -0.3 is 18.8 Å². The van der Waals surface area contributed by atoms with Crippen LogP contribution in [-0.4, -0.2) is 38.1 Å². The molecule has 0 amide bonds. The van der Waals surface area contributed by atoms with Gasteiger partial charge in [-0.2, -0.15) is 0 Å². The lowest BCUT2D eigenvalue weighted by Crippen LogP contribution is -2.43. The molecule has 0 aliphatic carbocycles. The van der Waals surface area contributed by atoms with E-state index < -0.39 is 0 Å². The lowest BCUT2D eigenvalue weighted by molar-refractivity contribution is -0.137. The number of hydrogen-bond donors (Lipinski definition) is 0. The quantitative estimate of drug-likeness (QED) is 0.154. The van der Waals surface area contributed by atoms with Crippen LogP contribution < -0.4 is 4.74 Å². The predicted octanol–water partition coefficient (Wildman–Crippen LogP) is 7.59. The zero-order valence-electron chi connectivity index (χ0n) is 21.5. The molecule has 1 saturated heterocycles. The molecule has 36 heavy (non-hydrogen) atoms. The van der Waals surface area contributed by atoms with Gasteiger partial charge in [-0.25, -0.2) is 0 Å². The average molecular weight is 484 g/mol. The zero-order chi connectivity index (χ0) is 24.8. The fourth-order valence-corrected chi connectivity index (χ4v) is 5.00. The number of nitrogens with zero attached hydrogens (tertiary/aromatic N) is 1. The molecular formula is C32H37NO3. The van der Waals surface area contributed by atoms with Crippen LogP contribution in [0.15, 0.2) is 66.7 Å². The van der Waals surface area contributed by atoms with Gasteiger partial charge in [0.15, 0.2) is 0 Å². The number of ether oxygens (including phenoxy) is 3. The highest BCUT2D eigenvalue weighted by atomic mass is 16.5. The Labute approximate surface area is 214 Å². The van der Waals surface area contributed by atoms with E-state index in [1.54, 1.807) is 7.11 Å². The van der Waals surface area contributed by atoms with E-state index in [4.69, 9.17) is 14.2 Å². The fraction of sp³-hybridized carbons (Fsp3) is 0.375. The van der Waals surface area contributed by atoms with Crippen molar-refractivity contribution in [1.82, 2.24) is 4.57 Å². The van der Waals surface area contributed by atoms with Crippen LogP contribution in [0.25, 0.3) is 34.0 Å². The molecule has 4 aromatic rings. The van der Waals surface area contributed by atoms with Gasteiger partial charge in [0.2, 0.25) is 0 Å². The van der Waals surface area contributed by atoms with E-state index >= 15 is 0 Å². The molecule has 5 rings (SSSR count). The number of fused-ring (bicyclic) bond motifs is 3. The summed E-state index contributed by atoms with van der Waals surface area (Å²) in [4.78, 5) is 0. The van der Waals surface area contributed by atoms with Crippen LogP contribution in [0.2, 0.25) is 0 Å². The molecular weight excluding hydrogens is 446 g/mol. The normalized spacial score (nSPS) is 15.1. The number of rotatable bonds is 12. The maximum Gasteiger partial charge on any atom is 0.118 e. The van der Waals surface area contributed by atoms with Crippen molar-refractivity contribution in [2.24, 2.45) is 5.41 Å². The van der Waals surface area contributed by atoms with E-state index in [2.05, 4.69) is 78.2 Å². The maximum atomic E-state index is 5.88. The summed E-state index contributed by atoms with van der Waals surface area (Å²) in [7, 11) is 1.69. The standard InChI is InChI=1S/C32H37NO3/c1-32(23-36-24-32)22-35-20-8-4-3-7-19-33-30-10-6-5-9-28(30)29-21-26(15-18-31(29)33)12-11-25-13-16-27(34-2)17-14-25/h5-6,9-18,21H,3-4,7-8,19-20,22-24H2,1-2H3/b12-11+. The Kier molecular flexibility index (Phi) is 7.74. The minimum absolute atomic E-state index is 0.252. The molecule has 2 heterocycles. The lowest BCUT2D eigenvalue weighted by Gasteiger charge is -2.37. The van der Waals surface area contributed by atoms with E-state index in [1.807, 2.05) is 12.1 Å². The van der Waals surface area contributed by atoms with Gasteiger partial charge in [0.25, 0.3) is 0 Å². The second-order valence-corrected chi connectivity index (χ2v) is 10.3. The Morgan fingerprint density at radius 1 is 0.833 bits per heavy atom. The smallest absolute Gasteiger partial charge is 0.118 e. The second-order valence-electron chi connectivity index (χ2n) is 10.3. The summed E-state index contributed by atoms with van der Waals surface area (Å²) in [6.45, 7) is 6.64. The largest absolute Gasteiger partial charge is 0.497 e. The first-order valence-electron chi connectivity index (χ1n) is 13.1. The van der Waals surface area contributed by atoms with Crippen molar-refractivity contribution in [2.45, 2.75) is 39.2 Å². The summed E-state index contributed by atoms with van der Waals surface area (Å²) in [6.07, 6.45) is 9.09. The van der Waals surface area contributed by atoms with Gasteiger partial charge in [-0.15, -0.1) is 0 Å². The number of para-hydroxylation sites is 1. The molecule has 0 bridgehead atoms. The van der Waals surface area contributed by atoms with Crippen molar-refractivity contribution < 1.29 is 14.2 Å². The van der Waals surface area contributed by atoms with Crippen LogP contribution in [0.5, 0.6) is 5.75 Å². The SMILES string of the molecule is COc1ccc(/C=C/c2ccc3c(c2)c2ccccc2n3CCCCCCOCC2(C)COC2)cc1. The third-order valence-corrected chi connectivity index (χ3v) is 7.15. The van der Waals surface area contributed by atoms with Crippen molar-refractivity contribution in [2.75, 3.05) is 33.5 Å². The zero-order valence-corrected chi connectivity index (χ0v) is 21.5. The van der Waals surface area contributed by atoms with E-state index in [0.29, 0.717) is 0 Å². The van der Waals surface area contributed by atoms with Gasteiger partial charge in [-0.05, 0) is 54.3 Å². The number of unbranched alkanes of at least 4 members (excludes halogenated alkanes) is 3. The molecule has 0 N–H and O–H groups in total. The predicted molar refractivity (Wildman–Crippen MR) is 150 cm³/mol. The Morgan fingerprint density at radius 3 is 2.33 bits per heavy atom. The van der Waals surface area contributed by atoms with Crippen LogP contribution in [0, 0.1) is 5.41 Å². The third-order valence-electron chi connectivity index (χ3n) is 7.15. The molecule has 1 aliphatic heterocycles. The van der Waals surface area contributed by atoms with Crippen molar-refractivity contribution in [3.63, 3.8) is 0 Å². The number of aromatic nitrogens is 1. The Bertz CT molecular complexity index is 1310. The highest BCUT2D eigenvalue weighted by Gasteiger charge is 2.33. The van der Waals surface area contributed by atoms with Crippen molar-refractivity contribution in [3.8, 4) is 5.75 Å². The van der Waals surface area contributed by atoms with Gasteiger partial charge in [0, 0.05) is 40.4 Å². The molecule has 0 unspecified atom stereocenters. The van der Waals surface area contributed by atoms with Crippen molar-refractivity contribution in [1.29, 1.82) is 0 Å². The van der Waals surface area contributed by atoms with E-state index in [1.165, 1.54) is 46.6 Å². The molecule has 1 fully saturated rings. The molecule has 0 saturated carbocycles. The van der Waals surface area contributed by atoms with Crippen LogP contribution >= 0.6 is 0 Å². The highest BCUT2D eigenvalue weighted by Crippen LogP contribution is 2.31. The maximum absolute atomic E-state index is 5.88. The topological polar surface area (TPSA) is 32.6 Å². The number of methoxy groups -OCH3 is 1. The molecule has 1 aromatic heterocycles. The monoisotopic (exact) mass is 483 g/mol. The summed E-state index contributed by atoms with van der Waals surface area (Å²) < 4.78 is 18.9. The number of benzene rings is 3. The molecule has 4 nitrogen and oxygen atoms in total. The van der Waals surface area contributed by atoms with Crippen LogP contribution in [0.4, 0.5) is 0 Å². The first kappa shape index (κ1) is 24.6. The molecule has 3 aromatic carbocycles. The van der Waals surface area contributed by atoms with E-state index in [0.717, 1.165) is 50.7 Å². The van der Waals surface area contributed by atoms with Crippen molar-refractivity contribution >= 4 is 34.0 Å². The first-order chi connectivity index (χ1) is 17.6. The summed E-state index contributed by atoms with van der Waals surface area (Å²) in [5.41, 5.74) is 5.26. The fourth-order valence-electron chi connectivity index (χ4n) is 5.00.